The van der Waals surface area contributed by atoms with E-state index < -0.39 is 0 Å². The van der Waals surface area contributed by atoms with Crippen LogP contribution in [0.15, 0.2) is 66.7 Å². The van der Waals surface area contributed by atoms with Gasteiger partial charge in [-0.25, -0.2) is 4.98 Å². The van der Waals surface area contributed by atoms with Gasteiger partial charge in [0.15, 0.2) is 5.13 Å². The minimum absolute atomic E-state index is 0.00460. The number of aromatic nitrogens is 1. The van der Waals surface area contributed by atoms with E-state index in [0.29, 0.717) is 12.1 Å². The molecule has 0 atom stereocenters. The predicted molar refractivity (Wildman–Crippen MR) is 146 cm³/mol. The molecule has 1 aliphatic rings. The molecule has 0 bridgehead atoms. The van der Waals surface area contributed by atoms with Gasteiger partial charge in [0, 0.05) is 44.8 Å². The van der Waals surface area contributed by atoms with E-state index in [2.05, 4.69) is 65.4 Å². The van der Waals surface area contributed by atoms with Crippen LogP contribution < -0.4 is 10.2 Å². The second kappa shape index (κ2) is 10.6. The summed E-state index contributed by atoms with van der Waals surface area (Å²) >= 11 is 1.80. The molecule has 0 aliphatic carbocycles. The van der Waals surface area contributed by atoms with Gasteiger partial charge in [-0.2, -0.15) is 0 Å². The topological polar surface area (TPSA) is 48.5 Å². The van der Waals surface area contributed by atoms with Crippen LogP contribution in [0.1, 0.15) is 32.6 Å². The second-order valence-electron chi connectivity index (χ2n) is 9.37. The predicted octanol–water partition coefficient (Wildman–Crippen LogP) is 5.06. The van der Waals surface area contributed by atoms with Crippen molar-refractivity contribution in [1.29, 1.82) is 0 Å². The van der Waals surface area contributed by atoms with Gasteiger partial charge in [-0.15, -0.1) is 0 Å². The fraction of sp³-hybridized carbons (Fsp3) is 0.310. The molecule has 180 valence electrons. The number of thiazole rings is 1. The number of hydrogen-bond donors (Lipinski definition) is 1. The minimum Gasteiger partial charge on any atom is -0.351 e. The number of nitrogens with one attached hydrogen (secondary N) is 1. The molecular formula is C29H32N4OS. The Kier molecular flexibility index (Phi) is 7.11. The Labute approximate surface area is 211 Å². The fourth-order valence-corrected chi connectivity index (χ4v) is 5.77. The first-order valence-corrected chi connectivity index (χ1v) is 13.1. The summed E-state index contributed by atoms with van der Waals surface area (Å²) in [5, 5.41) is 4.21. The Balaban J connectivity index is 1.07. The van der Waals surface area contributed by atoms with Gasteiger partial charge in [-0.3, -0.25) is 9.69 Å². The highest BCUT2D eigenvalue weighted by Gasteiger charge is 2.20. The van der Waals surface area contributed by atoms with Gasteiger partial charge in [0.1, 0.15) is 0 Å². The van der Waals surface area contributed by atoms with Crippen LogP contribution in [0, 0.1) is 13.8 Å². The van der Waals surface area contributed by atoms with Gasteiger partial charge >= 0.3 is 0 Å². The van der Waals surface area contributed by atoms with Gasteiger partial charge in [0.2, 0.25) is 0 Å². The molecule has 0 radical (unpaired) electrons. The van der Waals surface area contributed by atoms with Crippen molar-refractivity contribution < 1.29 is 4.79 Å². The third-order valence-corrected chi connectivity index (χ3v) is 7.90. The molecule has 35 heavy (non-hydrogen) atoms. The van der Waals surface area contributed by atoms with Crippen molar-refractivity contribution in [3.05, 3.63) is 94.5 Å². The highest BCUT2D eigenvalue weighted by molar-refractivity contribution is 7.22. The maximum absolute atomic E-state index is 12.6. The molecule has 4 aromatic rings. The zero-order chi connectivity index (χ0) is 24.2. The summed E-state index contributed by atoms with van der Waals surface area (Å²) in [4.78, 5) is 22.3. The minimum atomic E-state index is -0.00460. The van der Waals surface area contributed by atoms with E-state index in [9.17, 15) is 4.79 Å². The quantitative estimate of drug-likeness (QED) is 0.399. The number of carbonyl (C=O) groups excluding carboxylic acids is 1. The molecule has 1 fully saturated rings. The largest absolute Gasteiger partial charge is 0.351 e. The molecule has 1 N–H and O–H groups in total. The number of fused-ring (bicyclic) bond motifs is 1. The van der Waals surface area contributed by atoms with Crippen molar-refractivity contribution in [3.63, 3.8) is 0 Å². The first-order valence-electron chi connectivity index (χ1n) is 12.3. The van der Waals surface area contributed by atoms with E-state index in [0.717, 1.165) is 49.8 Å². The number of piperazine rings is 1. The smallest absolute Gasteiger partial charge is 0.251 e. The van der Waals surface area contributed by atoms with Crippen molar-refractivity contribution in [2.24, 2.45) is 0 Å². The lowest BCUT2D eigenvalue weighted by Crippen LogP contribution is -2.48. The molecule has 1 aliphatic heterocycles. The lowest BCUT2D eigenvalue weighted by atomic mass is 10.0. The van der Waals surface area contributed by atoms with Crippen LogP contribution in [-0.2, 0) is 6.42 Å². The van der Waals surface area contributed by atoms with Crippen molar-refractivity contribution in [3.8, 4) is 0 Å². The SMILES string of the molecule is Cc1cc(C)c2sc(N3CCN(CCNC(=O)c4ccc(Cc5ccccc5)cc4)CC3)nc2c1. The van der Waals surface area contributed by atoms with E-state index in [1.165, 1.54) is 27.0 Å². The Morgan fingerprint density at radius 1 is 0.943 bits per heavy atom. The Morgan fingerprint density at radius 3 is 2.40 bits per heavy atom. The highest BCUT2D eigenvalue weighted by atomic mass is 32.1. The summed E-state index contributed by atoms with van der Waals surface area (Å²) in [7, 11) is 0. The lowest BCUT2D eigenvalue weighted by molar-refractivity contribution is 0.0948. The normalized spacial score (nSPS) is 14.4. The van der Waals surface area contributed by atoms with E-state index in [-0.39, 0.29) is 5.91 Å². The number of carbonyl (C=O) groups is 1. The van der Waals surface area contributed by atoms with Crippen LogP contribution in [0.5, 0.6) is 0 Å². The van der Waals surface area contributed by atoms with Crippen LogP contribution >= 0.6 is 11.3 Å². The molecule has 3 aromatic carbocycles. The number of rotatable bonds is 7. The molecular weight excluding hydrogens is 452 g/mol. The third kappa shape index (κ3) is 5.72. The number of benzene rings is 3. The zero-order valence-electron chi connectivity index (χ0n) is 20.5. The van der Waals surface area contributed by atoms with Crippen molar-refractivity contribution in [2.45, 2.75) is 20.3 Å². The number of nitrogens with zero attached hydrogens (tertiary/aromatic N) is 3. The Hall–Kier alpha value is -3.22. The number of anilines is 1. The van der Waals surface area contributed by atoms with Gasteiger partial charge in [-0.1, -0.05) is 59.9 Å². The second-order valence-corrected chi connectivity index (χ2v) is 10.3. The molecule has 2 heterocycles. The van der Waals surface area contributed by atoms with Crippen molar-refractivity contribution in [1.82, 2.24) is 15.2 Å². The summed E-state index contributed by atoms with van der Waals surface area (Å²) in [6.07, 6.45) is 0.880. The van der Waals surface area contributed by atoms with E-state index >= 15 is 0 Å². The maximum Gasteiger partial charge on any atom is 0.251 e. The molecule has 0 saturated carbocycles. The third-order valence-electron chi connectivity index (χ3n) is 6.63. The Morgan fingerprint density at radius 2 is 1.66 bits per heavy atom. The zero-order valence-corrected chi connectivity index (χ0v) is 21.3. The average molecular weight is 485 g/mol. The van der Waals surface area contributed by atoms with Gasteiger partial charge in [0.25, 0.3) is 5.91 Å². The van der Waals surface area contributed by atoms with E-state index in [1.807, 2.05) is 30.3 Å². The van der Waals surface area contributed by atoms with Crippen LogP contribution in [0.2, 0.25) is 0 Å². The maximum atomic E-state index is 12.6. The van der Waals surface area contributed by atoms with Crippen molar-refractivity contribution >= 4 is 32.6 Å². The standard InChI is InChI=1S/C29H32N4OS/c1-21-18-22(2)27-26(19-21)31-29(35-27)33-16-14-32(15-17-33)13-12-30-28(34)25-10-8-24(9-11-25)20-23-6-4-3-5-7-23/h3-11,18-19H,12-17,20H2,1-2H3,(H,30,34). The molecule has 1 saturated heterocycles. The number of hydrogen-bond acceptors (Lipinski definition) is 5. The van der Waals surface area contributed by atoms with E-state index in [1.54, 1.807) is 11.3 Å². The number of aryl methyl sites for hydroxylation is 2. The van der Waals surface area contributed by atoms with Gasteiger partial charge in [0.05, 0.1) is 10.2 Å². The Bertz CT molecular complexity index is 1290. The first kappa shape index (κ1) is 23.5. The summed E-state index contributed by atoms with van der Waals surface area (Å²) in [6, 6.07) is 22.7. The summed E-state index contributed by atoms with van der Waals surface area (Å²) in [5.74, 6) is -0.00460. The molecule has 5 rings (SSSR count). The van der Waals surface area contributed by atoms with Crippen LogP contribution in [-0.4, -0.2) is 55.1 Å². The monoisotopic (exact) mass is 484 g/mol. The van der Waals surface area contributed by atoms with E-state index in [4.69, 9.17) is 4.98 Å². The summed E-state index contributed by atoms with van der Waals surface area (Å²) < 4.78 is 1.30. The number of amides is 1. The molecule has 0 spiro atoms. The van der Waals surface area contributed by atoms with Gasteiger partial charge < -0.3 is 10.2 Å². The first-order chi connectivity index (χ1) is 17.0. The molecule has 5 nitrogen and oxygen atoms in total. The summed E-state index contributed by atoms with van der Waals surface area (Å²) in [5.41, 5.74) is 6.89. The van der Waals surface area contributed by atoms with Crippen LogP contribution in [0.4, 0.5) is 5.13 Å². The van der Waals surface area contributed by atoms with Gasteiger partial charge in [-0.05, 0) is 60.7 Å². The van der Waals surface area contributed by atoms with Crippen LogP contribution in [0.25, 0.3) is 10.2 Å². The molecule has 1 amide bonds. The fourth-order valence-electron chi connectivity index (χ4n) is 4.70. The molecule has 0 unspecified atom stereocenters. The molecule has 6 heteroatoms. The van der Waals surface area contributed by atoms with Crippen molar-refractivity contribution in [2.75, 3.05) is 44.2 Å². The van der Waals surface area contributed by atoms with Crippen LogP contribution in [0.3, 0.4) is 0 Å². The lowest BCUT2D eigenvalue weighted by Gasteiger charge is -2.34. The summed E-state index contributed by atoms with van der Waals surface area (Å²) in [6.45, 7) is 9.72. The molecule has 1 aromatic heterocycles. The average Bonchev–Trinajstić information content (AvgIpc) is 3.30. The highest BCUT2D eigenvalue weighted by Crippen LogP contribution is 2.32.